The second-order valence-electron chi connectivity index (χ2n) is 7.37. The number of oxazole rings is 1. The third-order valence-corrected chi connectivity index (χ3v) is 4.97. The second kappa shape index (κ2) is 9.03. The molecule has 0 aliphatic rings. The Labute approximate surface area is 190 Å². The Kier molecular flexibility index (Phi) is 6.00. The van der Waals surface area contributed by atoms with Crippen LogP contribution in [-0.4, -0.2) is 21.1 Å². The molecule has 0 aliphatic carbocycles. The number of phenols is 1. The Bertz CT molecular complexity index is 1340. The molecular formula is C25H21N3O3S. The number of aromatic nitrogens is 1. The summed E-state index contributed by atoms with van der Waals surface area (Å²) in [5.74, 6) is -0.0435. The average Bonchev–Trinajstić information content (AvgIpc) is 3.17. The number of nitrogens with zero attached hydrogens (tertiary/aromatic N) is 1. The van der Waals surface area contributed by atoms with Gasteiger partial charge in [0.15, 0.2) is 10.7 Å². The molecule has 0 radical (unpaired) electrons. The van der Waals surface area contributed by atoms with Crippen LogP contribution in [0.15, 0.2) is 71.2 Å². The normalized spacial score (nSPS) is 11.1. The summed E-state index contributed by atoms with van der Waals surface area (Å²) in [6.07, 6.45) is 3.10. The summed E-state index contributed by atoms with van der Waals surface area (Å²) in [7, 11) is 0. The van der Waals surface area contributed by atoms with Gasteiger partial charge in [-0.2, -0.15) is 0 Å². The molecule has 0 atom stereocenters. The van der Waals surface area contributed by atoms with Gasteiger partial charge in [-0.1, -0.05) is 36.4 Å². The molecule has 0 unspecified atom stereocenters. The van der Waals surface area contributed by atoms with Crippen LogP contribution >= 0.6 is 12.2 Å². The van der Waals surface area contributed by atoms with Crippen LogP contribution in [0.5, 0.6) is 5.75 Å². The van der Waals surface area contributed by atoms with Gasteiger partial charge in [0.2, 0.25) is 11.8 Å². The average molecular weight is 444 g/mol. The highest BCUT2D eigenvalue weighted by Gasteiger charge is 2.15. The molecule has 7 heteroatoms. The number of aryl methyl sites for hydroxylation is 2. The van der Waals surface area contributed by atoms with E-state index in [9.17, 15) is 9.90 Å². The summed E-state index contributed by atoms with van der Waals surface area (Å²) >= 11 is 5.19. The molecule has 0 aliphatic heterocycles. The number of thiocarbonyl (C=S) groups is 1. The molecule has 32 heavy (non-hydrogen) atoms. The van der Waals surface area contributed by atoms with Gasteiger partial charge in [-0.05, 0) is 67.0 Å². The number of fused-ring (bicyclic) bond motifs is 1. The molecule has 4 rings (SSSR count). The number of rotatable bonds is 4. The van der Waals surface area contributed by atoms with Crippen LogP contribution in [0, 0.1) is 13.8 Å². The predicted molar refractivity (Wildman–Crippen MR) is 130 cm³/mol. The summed E-state index contributed by atoms with van der Waals surface area (Å²) in [5.41, 5.74) is 5.40. The van der Waals surface area contributed by atoms with Crippen molar-refractivity contribution >= 4 is 46.1 Å². The molecular weight excluding hydrogens is 422 g/mol. The Morgan fingerprint density at radius 3 is 2.62 bits per heavy atom. The van der Waals surface area contributed by atoms with E-state index in [1.165, 1.54) is 12.1 Å². The molecule has 0 fully saturated rings. The van der Waals surface area contributed by atoms with Crippen LogP contribution in [0.3, 0.4) is 0 Å². The standard InChI is InChI=1S/C25H21N3O3S/c1-15-12-16(2)23-20(13-15)27-24(31-23)19-10-9-18(14-21(19)29)26-25(32)28-22(30)11-8-17-6-4-3-5-7-17/h3-14,29H,1-2H3,(H2,26,28,30,32)/b11-8+. The molecule has 3 aromatic carbocycles. The number of amides is 1. The Hall–Kier alpha value is -3.97. The van der Waals surface area contributed by atoms with E-state index in [-0.39, 0.29) is 16.8 Å². The maximum Gasteiger partial charge on any atom is 0.250 e. The Morgan fingerprint density at radius 1 is 1.09 bits per heavy atom. The van der Waals surface area contributed by atoms with E-state index >= 15 is 0 Å². The number of anilines is 1. The maximum absolute atomic E-state index is 12.1. The first-order chi connectivity index (χ1) is 15.4. The second-order valence-corrected chi connectivity index (χ2v) is 7.78. The first-order valence-corrected chi connectivity index (χ1v) is 10.4. The highest BCUT2D eigenvalue weighted by Crippen LogP contribution is 2.34. The fraction of sp³-hybridized carbons (Fsp3) is 0.0800. The number of carbonyl (C=O) groups is 1. The molecule has 4 aromatic rings. The van der Waals surface area contributed by atoms with Gasteiger partial charge in [0.1, 0.15) is 11.3 Å². The van der Waals surface area contributed by atoms with E-state index in [4.69, 9.17) is 16.6 Å². The molecule has 1 aromatic heterocycles. The zero-order valence-corrected chi connectivity index (χ0v) is 18.4. The molecule has 6 nitrogen and oxygen atoms in total. The van der Waals surface area contributed by atoms with Crippen molar-refractivity contribution in [1.82, 2.24) is 10.3 Å². The van der Waals surface area contributed by atoms with Crippen molar-refractivity contribution < 1.29 is 14.3 Å². The molecule has 1 amide bonds. The molecule has 0 bridgehead atoms. The number of nitrogens with one attached hydrogen (secondary N) is 2. The van der Waals surface area contributed by atoms with Crippen LogP contribution in [0.2, 0.25) is 0 Å². The minimum Gasteiger partial charge on any atom is -0.507 e. The first kappa shape index (κ1) is 21.3. The van der Waals surface area contributed by atoms with E-state index in [0.717, 1.165) is 22.2 Å². The minimum atomic E-state index is -0.357. The van der Waals surface area contributed by atoms with Crippen molar-refractivity contribution in [3.05, 3.63) is 83.4 Å². The minimum absolute atomic E-state index is 0.0194. The van der Waals surface area contributed by atoms with Crippen molar-refractivity contribution in [2.75, 3.05) is 5.32 Å². The number of aromatic hydroxyl groups is 1. The Balaban J connectivity index is 1.44. The van der Waals surface area contributed by atoms with E-state index in [1.54, 1.807) is 18.2 Å². The number of hydrogen-bond donors (Lipinski definition) is 3. The topological polar surface area (TPSA) is 87.4 Å². The third-order valence-electron chi connectivity index (χ3n) is 4.77. The summed E-state index contributed by atoms with van der Waals surface area (Å²) in [6.45, 7) is 3.96. The molecule has 0 saturated carbocycles. The molecule has 160 valence electrons. The smallest absolute Gasteiger partial charge is 0.250 e. The lowest BCUT2D eigenvalue weighted by Gasteiger charge is -2.09. The number of hydrogen-bond acceptors (Lipinski definition) is 5. The predicted octanol–water partition coefficient (Wildman–Crippen LogP) is 5.34. The lowest BCUT2D eigenvalue weighted by molar-refractivity contribution is -0.115. The lowest BCUT2D eigenvalue weighted by atomic mass is 10.1. The van der Waals surface area contributed by atoms with Gasteiger partial charge in [0.25, 0.3) is 0 Å². The summed E-state index contributed by atoms with van der Waals surface area (Å²) < 4.78 is 5.88. The van der Waals surface area contributed by atoms with Gasteiger partial charge in [0, 0.05) is 17.8 Å². The van der Waals surface area contributed by atoms with Crippen molar-refractivity contribution in [3.63, 3.8) is 0 Å². The summed E-state index contributed by atoms with van der Waals surface area (Å²) in [6, 6.07) is 18.3. The fourth-order valence-corrected chi connectivity index (χ4v) is 3.55. The van der Waals surface area contributed by atoms with Crippen LogP contribution in [0.25, 0.3) is 28.6 Å². The fourth-order valence-electron chi connectivity index (χ4n) is 3.33. The summed E-state index contributed by atoms with van der Waals surface area (Å²) in [4.78, 5) is 16.6. The maximum atomic E-state index is 12.1. The lowest BCUT2D eigenvalue weighted by Crippen LogP contribution is -2.32. The van der Waals surface area contributed by atoms with Crippen molar-refractivity contribution in [3.8, 4) is 17.2 Å². The van der Waals surface area contributed by atoms with Crippen molar-refractivity contribution in [1.29, 1.82) is 0 Å². The first-order valence-electron chi connectivity index (χ1n) is 9.95. The van der Waals surface area contributed by atoms with Crippen LogP contribution < -0.4 is 10.6 Å². The quantitative estimate of drug-likeness (QED) is 0.291. The highest BCUT2D eigenvalue weighted by molar-refractivity contribution is 7.80. The van der Waals surface area contributed by atoms with E-state index in [0.29, 0.717) is 22.7 Å². The molecule has 0 saturated heterocycles. The van der Waals surface area contributed by atoms with Crippen LogP contribution in [0.1, 0.15) is 16.7 Å². The van der Waals surface area contributed by atoms with E-state index in [1.807, 2.05) is 56.3 Å². The van der Waals surface area contributed by atoms with Gasteiger partial charge >= 0.3 is 0 Å². The van der Waals surface area contributed by atoms with Crippen molar-refractivity contribution in [2.45, 2.75) is 13.8 Å². The number of carbonyl (C=O) groups excluding carboxylic acids is 1. The zero-order valence-electron chi connectivity index (χ0n) is 17.5. The SMILES string of the molecule is Cc1cc(C)c2oc(-c3ccc(NC(=S)NC(=O)/C=C/c4ccccc4)cc3O)nc2c1. The van der Waals surface area contributed by atoms with Gasteiger partial charge in [0.05, 0.1) is 5.56 Å². The monoisotopic (exact) mass is 443 g/mol. The number of phenolic OH excluding ortho intramolecular Hbond substituents is 1. The van der Waals surface area contributed by atoms with Gasteiger partial charge in [-0.15, -0.1) is 0 Å². The third kappa shape index (κ3) is 4.84. The largest absolute Gasteiger partial charge is 0.507 e. The summed E-state index contributed by atoms with van der Waals surface area (Å²) in [5, 5.41) is 16.1. The van der Waals surface area contributed by atoms with Gasteiger partial charge < -0.3 is 14.8 Å². The van der Waals surface area contributed by atoms with E-state index < -0.39 is 0 Å². The number of benzene rings is 3. The van der Waals surface area contributed by atoms with Gasteiger partial charge in [-0.25, -0.2) is 4.98 Å². The molecule has 0 spiro atoms. The molecule has 3 N–H and O–H groups in total. The highest BCUT2D eigenvalue weighted by atomic mass is 32.1. The van der Waals surface area contributed by atoms with Crippen LogP contribution in [-0.2, 0) is 4.79 Å². The van der Waals surface area contributed by atoms with Crippen molar-refractivity contribution in [2.24, 2.45) is 0 Å². The zero-order chi connectivity index (χ0) is 22.7. The Morgan fingerprint density at radius 2 is 1.88 bits per heavy atom. The van der Waals surface area contributed by atoms with Gasteiger partial charge in [-0.3, -0.25) is 10.1 Å². The molecule has 1 heterocycles. The van der Waals surface area contributed by atoms with E-state index in [2.05, 4.69) is 15.6 Å². The van der Waals surface area contributed by atoms with Crippen LogP contribution in [0.4, 0.5) is 5.69 Å².